The lowest BCUT2D eigenvalue weighted by atomic mass is 9.85. The molecular formula is C18H38N2O. The van der Waals surface area contributed by atoms with E-state index < -0.39 is 0 Å². The molecule has 21 heavy (non-hydrogen) atoms. The summed E-state index contributed by atoms with van der Waals surface area (Å²) in [6.07, 6.45) is 1.20. The first-order chi connectivity index (χ1) is 9.83. The highest BCUT2D eigenvalue weighted by atomic mass is 16.5. The summed E-state index contributed by atoms with van der Waals surface area (Å²) in [6.45, 7) is 21.5. The maximum atomic E-state index is 5.76. The number of nitrogens with one attached hydrogen (secondary N) is 1. The molecule has 1 aliphatic heterocycles. The average molecular weight is 299 g/mol. The van der Waals surface area contributed by atoms with Gasteiger partial charge in [-0.2, -0.15) is 0 Å². The maximum absolute atomic E-state index is 5.76. The molecule has 0 aromatic carbocycles. The van der Waals surface area contributed by atoms with Crippen molar-refractivity contribution in [2.45, 2.75) is 48.0 Å². The molecule has 0 aromatic rings. The van der Waals surface area contributed by atoms with Gasteiger partial charge in [0.15, 0.2) is 0 Å². The highest BCUT2D eigenvalue weighted by molar-refractivity contribution is 4.89. The van der Waals surface area contributed by atoms with Gasteiger partial charge in [0.2, 0.25) is 0 Å². The van der Waals surface area contributed by atoms with Crippen LogP contribution >= 0.6 is 0 Å². The standard InChI is InChI=1S/C18H38N2O/c1-15(2)9-19-12-18(7-8-21-14-18)13-20(10-16(3)4)11-17(5)6/h15-17,19H,7-14H2,1-6H3. The minimum absolute atomic E-state index is 0.318. The predicted molar refractivity (Wildman–Crippen MR) is 91.7 cm³/mol. The van der Waals surface area contributed by atoms with E-state index in [4.69, 9.17) is 4.74 Å². The molecule has 1 atom stereocenters. The Kier molecular flexibility index (Phi) is 8.22. The molecule has 1 heterocycles. The second-order valence-corrected chi connectivity index (χ2v) is 8.31. The smallest absolute Gasteiger partial charge is 0.0547 e. The quantitative estimate of drug-likeness (QED) is 0.670. The van der Waals surface area contributed by atoms with Crippen LogP contribution in [0.3, 0.4) is 0 Å². The van der Waals surface area contributed by atoms with Crippen molar-refractivity contribution in [2.24, 2.45) is 23.2 Å². The van der Waals surface area contributed by atoms with Gasteiger partial charge in [-0.05, 0) is 30.7 Å². The van der Waals surface area contributed by atoms with Gasteiger partial charge in [0.25, 0.3) is 0 Å². The van der Waals surface area contributed by atoms with E-state index in [9.17, 15) is 0 Å². The van der Waals surface area contributed by atoms with Crippen molar-refractivity contribution in [1.29, 1.82) is 0 Å². The third-order valence-electron chi connectivity index (χ3n) is 4.04. The maximum Gasteiger partial charge on any atom is 0.0547 e. The van der Waals surface area contributed by atoms with Gasteiger partial charge in [-0.15, -0.1) is 0 Å². The number of ether oxygens (including phenoxy) is 1. The second-order valence-electron chi connectivity index (χ2n) is 8.31. The Morgan fingerprint density at radius 3 is 2.05 bits per heavy atom. The van der Waals surface area contributed by atoms with Crippen LogP contribution in [0.2, 0.25) is 0 Å². The van der Waals surface area contributed by atoms with E-state index in [0.717, 1.165) is 38.1 Å². The van der Waals surface area contributed by atoms with Crippen molar-refractivity contribution >= 4 is 0 Å². The minimum atomic E-state index is 0.318. The lowest BCUT2D eigenvalue weighted by molar-refractivity contribution is 0.0951. The summed E-state index contributed by atoms with van der Waals surface area (Å²) in [5.74, 6) is 2.17. The van der Waals surface area contributed by atoms with Crippen molar-refractivity contribution in [2.75, 3.05) is 45.9 Å². The lowest BCUT2D eigenvalue weighted by Gasteiger charge is -2.36. The topological polar surface area (TPSA) is 24.5 Å². The van der Waals surface area contributed by atoms with Crippen molar-refractivity contribution < 1.29 is 4.74 Å². The molecule has 1 aliphatic rings. The van der Waals surface area contributed by atoms with Gasteiger partial charge in [0.05, 0.1) is 6.61 Å². The Hall–Kier alpha value is -0.120. The Balaban J connectivity index is 2.59. The Morgan fingerprint density at radius 2 is 1.62 bits per heavy atom. The molecular weight excluding hydrogens is 260 g/mol. The molecule has 0 aliphatic carbocycles. The van der Waals surface area contributed by atoms with Gasteiger partial charge in [-0.3, -0.25) is 0 Å². The Morgan fingerprint density at radius 1 is 1.00 bits per heavy atom. The van der Waals surface area contributed by atoms with Gasteiger partial charge >= 0.3 is 0 Å². The van der Waals surface area contributed by atoms with Crippen molar-refractivity contribution in [3.63, 3.8) is 0 Å². The predicted octanol–water partition coefficient (Wildman–Crippen LogP) is 3.25. The SMILES string of the molecule is CC(C)CNCC1(CN(CC(C)C)CC(C)C)CCOC1. The summed E-state index contributed by atoms with van der Waals surface area (Å²) in [5, 5.41) is 3.67. The largest absolute Gasteiger partial charge is 0.381 e. The van der Waals surface area contributed by atoms with Crippen LogP contribution in [0.1, 0.15) is 48.0 Å². The van der Waals surface area contributed by atoms with E-state index >= 15 is 0 Å². The van der Waals surface area contributed by atoms with E-state index in [2.05, 4.69) is 51.8 Å². The van der Waals surface area contributed by atoms with Crippen molar-refractivity contribution in [3.05, 3.63) is 0 Å². The van der Waals surface area contributed by atoms with E-state index in [0.29, 0.717) is 11.3 Å². The van der Waals surface area contributed by atoms with Crippen LogP contribution in [0.5, 0.6) is 0 Å². The van der Waals surface area contributed by atoms with Gasteiger partial charge in [-0.25, -0.2) is 0 Å². The molecule has 0 bridgehead atoms. The molecule has 1 unspecified atom stereocenters. The fourth-order valence-electron chi connectivity index (χ4n) is 3.31. The number of rotatable bonds is 10. The number of nitrogens with zero attached hydrogens (tertiary/aromatic N) is 1. The van der Waals surface area contributed by atoms with Crippen LogP contribution in [0, 0.1) is 23.2 Å². The minimum Gasteiger partial charge on any atom is -0.381 e. The van der Waals surface area contributed by atoms with Gasteiger partial charge in [0, 0.05) is 38.2 Å². The zero-order chi connectivity index (χ0) is 15.9. The van der Waals surface area contributed by atoms with Crippen LogP contribution in [0.15, 0.2) is 0 Å². The Labute approximate surface area is 132 Å². The van der Waals surface area contributed by atoms with Crippen LogP contribution < -0.4 is 5.32 Å². The first-order valence-corrected chi connectivity index (χ1v) is 8.84. The van der Waals surface area contributed by atoms with Crippen LogP contribution in [-0.4, -0.2) is 50.8 Å². The summed E-state index contributed by atoms with van der Waals surface area (Å²) in [7, 11) is 0. The molecule has 3 heteroatoms. The van der Waals surface area contributed by atoms with Gasteiger partial charge in [0.1, 0.15) is 0 Å². The van der Waals surface area contributed by atoms with E-state index in [-0.39, 0.29) is 0 Å². The Bertz CT molecular complexity index is 260. The molecule has 0 amide bonds. The van der Waals surface area contributed by atoms with Crippen LogP contribution in [0.25, 0.3) is 0 Å². The summed E-state index contributed by atoms with van der Waals surface area (Å²) >= 11 is 0. The summed E-state index contributed by atoms with van der Waals surface area (Å²) in [4.78, 5) is 2.67. The third-order valence-corrected chi connectivity index (χ3v) is 4.04. The molecule has 0 spiro atoms. The highest BCUT2D eigenvalue weighted by Crippen LogP contribution is 2.29. The molecule has 0 aromatic heterocycles. The fourth-order valence-corrected chi connectivity index (χ4v) is 3.31. The fraction of sp³-hybridized carbons (Fsp3) is 1.00. The lowest BCUT2D eigenvalue weighted by Crippen LogP contribution is -2.47. The van der Waals surface area contributed by atoms with Crippen molar-refractivity contribution in [1.82, 2.24) is 10.2 Å². The zero-order valence-corrected chi connectivity index (χ0v) is 15.2. The number of hydrogen-bond donors (Lipinski definition) is 1. The van der Waals surface area contributed by atoms with Gasteiger partial charge < -0.3 is 15.0 Å². The monoisotopic (exact) mass is 298 g/mol. The van der Waals surface area contributed by atoms with E-state index in [1.165, 1.54) is 26.1 Å². The first-order valence-electron chi connectivity index (χ1n) is 8.84. The summed E-state index contributed by atoms with van der Waals surface area (Å²) in [5.41, 5.74) is 0.318. The summed E-state index contributed by atoms with van der Waals surface area (Å²) < 4.78 is 5.76. The molecule has 0 radical (unpaired) electrons. The normalized spacial score (nSPS) is 23.1. The first kappa shape index (κ1) is 18.9. The summed E-state index contributed by atoms with van der Waals surface area (Å²) in [6, 6.07) is 0. The molecule has 0 saturated carbocycles. The molecule has 3 nitrogen and oxygen atoms in total. The molecule has 126 valence electrons. The molecule has 1 rings (SSSR count). The second kappa shape index (κ2) is 9.12. The zero-order valence-electron chi connectivity index (χ0n) is 15.2. The molecule has 1 fully saturated rings. The molecule has 1 saturated heterocycles. The van der Waals surface area contributed by atoms with E-state index in [1.807, 2.05) is 0 Å². The average Bonchev–Trinajstić information content (AvgIpc) is 2.75. The van der Waals surface area contributed by atoms with Crippen LogP contribution in [0.4, 0.5) is 0 Å². The van der Waals surface area contributed by atoms with Crippen molar-refractivity contribution in [3.8, 4) is 0 Å². The van der Waals surface area contributed by atoms with Crippen LogP contribution in [-0.2, 0) is 4.74 Å². The highest BCUT2D eigenvalue weighted by Gasteiger charge is 2.36. The number of hydrogen-bond acceptors (Lipinski definition) is 3. The molecule has 1 N–H and O–H groups in total. The van der Waals surface area contributed by atoms with Gasteiger partial charge in [-0.1, -0.05) is 41.5 Å². The third kappa shape index (κ3) is 7.62. The van der Waals surface area contributed by atoms with E-state index in [1.54, 1.807) is 0 Å².